The summed E-state index contributed by atoms with van der Waals surface area (Å²) in [7, 11) is 1.79. The standard InChI is InChI=1S/C13H16N4OS/c1-9-15-7-12(19-9)8-17(2)13(18)5-11-4-3-10(14)6-16-11/h3-4,6-7H,5,8,14H2,1-2H3. The van der Waals surface area contributed by atoms with Gasteiger partial charge in [-0.25, -0.2) is 4.98 Å². The fourth-order valence-electron chi connectivity index (χ4n) is 1.63. The number of amides is 1. The van der Waals surface area contributed by atoms with Gasteiger partial charge in [-0.1, -0.05) is 0 Å². The van der Waals surface area contributed by atoms with Crippen molar-refractivity contribution < 1.29 is 4.79 Å². The third kappa shape index (κ3) is 3.75. The van der Waals surface area contributed by atoms with Crippen LogP contribution in [0, 0.1) is 6.92 Å². The Labute approximate surface area is 116 Å². The lowest BCUT2D eigenvalue weighted by Crippen LogP contribution is -2.27. The van der Waals surface area contributed by atoms with Crippen LogP contribution in [0.1, 0.15) is 15.6 Å². The molecule has 0 aliphatic heterocycles. The van der Waals surface area contributed by atoms with E-state index in [4.69, 9.17) is 5.73 Å². The molecule has 0 radical (unpaired) electrons. The van der Waals surface area contributed by atoms with Crippen LogP contribution in [0.3, 0.4) is 0 Å². The summed E-state index contributed by atoms with van der Waals surface area (Å²) in [6.45, 7) is 2.54. The van der Waals surface area contributed by atoms with Gasteiger partial charge in [-0.05, 0) is 19.1 Å². The number of aryl methyl sites for hydroxylation is 1. The molecule has 0 aromatic carbocycles. The minimum atomic E-state index is 0.0309. The van der Waals surface area contributed by atoms with Crippen molar-refractivity contribution in [1.29, 1.82) is 0 Å². The number of anilines is 1. The molecular weight excluding hydrogens is 260 g/mol. The van der Waals surface area contributed by atoms with E-state index in [1.807, 2.05) is 13.1 Å². The number of nitrogens with zero attached hydrogens (tertiary/aromatic N) is 3. The second-order valence-corrected chi connectivity index (χ2v) is 5.67. The average molecular weight is 276 g/mol. The predicted octanol–water partition coefficient (Wildman–Crippen LogP) is 1.63. The molecular formula is C13H16N4OS. The zero-order chi connectivity index (χ0) is 13.8. The Morgan fingerprint density at radius 3 is 2.74 bits per heavy atom. The Kier molecular flexibility index (Phi) is 4.11. The minimum absolute atomic E-state index is 0.0309. The summed E-state index contributed by atoms with van der Waals surface area (Å²) in [5, 5.41) is 1.01. The topological polar surface area (TPSA) is 72.1 Å². The monoisotopic (exact) mass is 276 g/mol. The van der Waals surface area contributed by atoms with Crippen LogP contribution in [-0.2, 0) is 17.8 Å². The smallest absolute Gasteiger partial charge is 0.228 e. The van der Waals surface area contributed by atoms with Gasteiger partial charge in [0.05, 0.1) is 29.9 Å². The molecule has 1 amide bonds. The summed E-state index contributed by atoms with van der Waals surface area (Å²) in [6, 6.07) is 3.53. The zero-order valence-corrected chi connectivity index (χ0v) is 11.8. The summed E-state index contributed by atoms with van der Waals surface area (Å²) in [5.74, 6) is 0.0309. The normalized spacial score (nSPS) is 10.4. The van der Waals surface area contributed by atoms with Gasteiger partial charge in [0.25, 0.3) is 0 Å². The third-order valence-corrected chi connectivity index (χ3v) is 3.57. The van der Waals surface area contributed by atoms with Gasteiger partial charge in [-0.3, -0.25) is 9.78 Å². The quantitative estimate of drug-likeness (QED) is 0.921. The molecule has 0 spiro atoms. The van der Waals surface area contributed by atoms with E-state index >= 15 is 0 Å². The van der Waals surface area contributed by atoms with Crippen molar-refractivity contribution >= 4 is 22.9 Å². The zero-order valence-electron chi connectivity index (χ0n) is 11.0. The number of thiazole rings is 1. The highest BCUT2D eigenvalue weighted by Crippen LogP contribution is 2.14. The molecule has 2 N–H and O–H groups in total. The molecule has 5 nitrogen and oxygen atoms in total. The van der Waals surface area contributed by atoms with E-state index in [2.05, 4.69) is 9.97 Å². The van der Waals surface area contributed by atoms with Crippen LogP contribution in [0.4, 0.5) is 5.69 Å². The highest BCUT2D eigenvalue weighted by Gasteiger charge is 2.12. The number of nitrogen functional groups attached to an aromatic ring is 1. The van der Waals surface area contributed by atoms with Crippen molar-refractivity contribution in [3.63, 3.8) is 0 Å². The first kappa shape index (κ1) is 13.5. The molecule has 19 heavy (non-hydrogen) atoms. The number of rotatable bonds is 4. The maximum Gasteiger partial charge on any atom is 0.228 e. The van der Waals surface area contributed by atoms with Crippen LogP contribution in [0.5, 0.6) is 0 Å². The summed E-state index contributed by atoms with van der Waals surface area (Å²) in [6.07, 6.45) is 3.66. The van der Waals surface area contributed by atoms with Gasteiger partial charge in [-0.2, -0.15) is 0 Å². The van der Waals surface area contributed by atoms with Crippen LogP contribution >= 0.6 is 11.3 Å². The van der Waals surface area contributed by atoms with Gasteiger partial charge in [-0.15, -0.1) is 11.3 Å². The van der Waals surface area contributed by atoms with Gasteiger partial charge in [0.15, 0.2) is 0 Å². The van der Waals surface area contributed by atoms with Gasteiger partial charge in [0, 0.05) is 23.8 Å². The molecule has 0 atom stereocenters. The molecule has 2 rings (SSSR count). The molecule has 0 aliphatic rings. The Morgan fingerprint density at radius 1 is 1.37 bits per heavy atom. The van der Waals surface area contributed by atoms with E-state index in [-0.39, 0.29) is 12.3 Å². The number of hydrogen-bond acceptors (Lipinski definition) is 5. The molecule has 2 heterocycles. The molecule has 2 aromatic rings. The molecule has 0 saturated heterocycles. The van der Waals surface area contributed by atoms with Gasteiger partial charge in [0.1, 0.15) is 0 Å². The maximum atomic E-state index is 12.0. The van der Waals surface area contributed by atoms with E-state index < -0.39 is 0 Å². The molecule has 0 unspecified atom stereocenters. The molecule has 0 bridgehead atoms. The number of hydrogen-bond donors (Lipinski definition) is 1. The van der Waals surface area contributed by atoms with Crippen molar-refractivity contribution in [2.75, 3.05) is 12.8 Å². The number of pyridine rings is 1. The SMILES string of the molecule is Cc1ncc(CN(C)C(=O)Cc2ccc(N)cn2)s1. The van der Waals surface area contributed by atoms with E-state index in [1.54, 1.807) is 41.6 Å². The molecule has 2 aromatic heterocycles. The number of likely N-dealkylation sites (N-methyl/N-ethyl adjacent to an activating group) is 1. The largest absolute Gasteiger partial charge is 0.397 e. The molecule has 0 saturated carbocycles. The number of carbonyl (C=O) groups is 1. The Hall–Kier alpha value is -1.95. The molecule has 6 heteroatoms. The third-order valence-electron chi connectivity index (χ3n) is 2.67. The van der Waals surface area contributed by atoms with Gasteiger partial charge >= 0.3 is 0 Å². The molecule has 100 valence electrons. The molecule has 0 fully saturated rings. The van der Waals surface area contributed by atoms with Crippen LogP contribution < -0.4 is 5.73 Å². The van der Waals surface area contributed by atoms with Crippen molar-refractivity contribution in [2.45, 2.75) is 19.9 Å². The summed E-state index contributed by atoms with van der Waals surface area (Å²) < 4.78 is 0. The first-order chi connectivity index (χ1) is 9.04. The van der Waals surface area contributed by atoms with Crippen LogP contribution in [0.2, 0.25) is 0 Å². The van der Waals surface area contributed by atoms with E-state index in [9.17, 15) is 4.79 Å². The fraction of sp³-hybridized carbons (Fsp3) is 0.308. The number of carbonyl (C=O) groups excluding carboxylic acids is 1. The van der Waals surface area contributed by atoms with Crippen LogP contribution in [0.15, 0.2) is 24.5 Å². The summed E-state index contributed by atoms with van der Waals surface area (Å²) in [5.41, 5.74) is 6.89. The van der Waals surface area contributed by atoms with Crippen molar-refractivity contribution in [3.8, 4) is 0 Å². The van der Waals surface area contributed by atoms with E-state index in [0.29, 0.717) is 12.2 Å². The van der Waals surface area contributed by atoms with E-state index in [0.717, 1.165) is 15.6 Å². The molecule has 0 aliphatic carbocycles. The summed E-state index contributed by atoms with van der Waals surface area (Å²) >= 11 is 1.60. The lowest BCUT2D eigenvalue weighted by atomic mass is 10.2. The Morgan fingerprint density at radius 2 is 2.16 bits per heavy atom. The van der Waals surface area contributed by atoms with Crippen LogP contribution in [0.25, 0.3) is 0 Å². The summed E-state index contributed by atoms with van der Waals surface area (Å²) in [4.78, 5) is 23.1. The first-order valence-corrected chi connectivity index (χ1v) is 6.72. The fourth-order valence-corrected chi connectivity index (χ4v) is 2.48. The second kappa shape index (κ2) is 5.79. The lowest BCUT2D eigenvalue weighted by molar-refractivity contribution is -0.129. The average Bonchev–Trinajstić information content (AvgIpc) is 2.77. The second-order valence-electron chi connectivity index (χ2n) is 4.36. The highest BCUT2D eigenvalue weighted by atomic mass is 32.1. The van der Waals surface area contributed by atoms with Crippen molar-refractivity contribution in [2.24, 2.45) is 0 Å². The highest BCUT2D eigenvalue weighted by molar-refractivity contribution is 7.11. The van der Waals surface area contributed by atoms with Gasteiger partial charge in [0.2, 0.25) is 5.91 Å². The van der Waals surface area contributed by atoms with Crippen LogP contribution in [-0.4, -0.2) is 27.8 Å². The number of aromatic nitrogens is 2. The lowest BCUT2D eigenvalue weighted by Gasteiger charge is -2.15. The Bertz CT molecular complexity index is 564. The maximum absolute atomic E-state index is 12.0. The van der Waals surface area contributed by atoms with Crippen molar-refractivity contribution in [3.05, 3.63) is 40.1 Å². The first-order valence-electron chi connectivity index (χ1n) is 5.90. The minimum Gasteiger partial charge on any atom is -0.397 e. The van der Waals surface area contributed by atoms with Crippen molar-refractivity contribution in [1.82, 2.24) is 14.9 Å². The Balaban J connectivity index is 1.94. The van der Waals surface area contributed by atoms with E-state index in [1.165, 1.54) is 0 Å². The predicted molar refractivity (Wildman–Crippen MR) is 75.7 cm³/mol. The number of nitrogens with two attached hydrogens (primary N) is 1. The van der Waals surface area contributed by atoms with Gasteiger partial charge < -0.3 is 10.6 Å².